The molecular formula is C42H56FN3O4. The fourth-order valence-electron chi connectivity index (χ4n) is 7.42. The van der Waals surface area contributed by atoms with Gasteiger partial charge in [0.15, 0.2) is 6.10 Å². The second kappa shape index (κ2) is 15.6. The van der Waals surface area contributed by atoms with Gasteiger partial charge in [-0.15, -0.1) is 0 Å². The van der Waals surface area contributed by atoms with Gasteiger partial charge in [-0.25, -0.2) is 9.18 Å². The lowest BCUT2D eigenvalue weighted by Crippen LogP contribution is -2.39. The van der Waals surface area contributed by atoms with Crippen molar-refractivity contribution in [3.8, 4) is 11.1 Å². The largest absolute Gasteiger partial charge is 0.464 e. The van der Waals surface area contributed by atoms with Crippen molar-refractivity contribution in [3.63, 3.8) is 0 Å². The number of halogens is 1. The molecule has 2 heterocycles. The zero-order valence-corrected chi connectivity index (χ0v) is 31.4. The van der Waals surface area contributed by atoms with Crippen LogP contribution in [0, 0.1) is 31.0 Å². The number of piperidine rings is 1. The lowest BCUT2D eigenvalue weighted by Gasteiger charge is -2.41. The molecule has 270 valence electrons. The van der Waals surface area contributed by atoms with E-state index in [-0.39, 0.29) is 29.7 Å². The highest BCUT2D eigenvalue weighted by Gasteiger charge is 2.37. The second-order valence-corrected chi connectivity index (χ2v) is 15.9. The van der Waals surface area contributed by atoms with Crippen molar-refractivity contribution in [1.82, 2.24) is 9.88 Å². The van der Waals surface area contributed by atoms with Crippen LogP contribution < -0.4 is 4.90 Å². The third kappa shape index (κ3) is 9.11. The number of aryl methyl sites for hydroxylation is 2. The Hall–Kier alpha value is -3.78. The van der Waals surface area contributed by atoms with Gasteiger partial charge in [0.1, 0.15) is 5.82 Å². The zero-order chi connectivity index (χ0) is 36.2. The Labute approximate surface area is 298 Å². The first-order valence-corrected chi connectivity index (χ1v) is 18.4. The maximum atomic E-state index is 13.7. The van der Waals surface area contributed by atoms with Crippen molar-refractivity contribution in [1.29, 1.82) is 0 Å². The molecule has 5 rings (SSSR count). The third-order valence-electron chi connectivity index (χ3n) is 10.2. The fourth-order valence-corrected chi connectivity index (χ4v) is 7.42. The number of esters is 1. The molecule has 1 atom stereocenters. The van der Waals surface area contributed by atoms with Crippen LogP contribution in [0.5, 0.6) is 0 Å². The van der Waals surface area contributed by atoms with Gasteiger partial charge in [0.05, 0.1) is 17.9 Å². The Bertz CT molecular complexity index is 1630. The Morgan fingerprint density at radius 1 is 0.940 bits per heavy atom. The SMILES string of the molecule is CCOC(=O)[C@@H](OC(C)(C)C)c1c(C)nc(C)c(-c2ccc(CN(Cc3ccc(F)cc3)C(=O)C3CCCC3)cc2)c1N1CCC(C)(C)CC1. The molecule has 1 amide bonds. The van der Waals surface area contributed by atoms with Crippen molar-refractivity contribution in [3.05, 3.63) is 82.4 Å². The molecule has 2 aromatic carbocycles. The van der Waals surface area contributed by atoms with E-state index in [0.29, 0.717) is 13.1 Å². The van der Waals surface area contributed by atoms with Gasteiger partial charge in [-0.2, -0.15) is 0 Å². The number of benzene rings is 2. The van der Waals surface area contributed by atoms with Gasteiger partial charge in [-0.1, -0.05) is 63.1 Å². The first-order chi connectivity index (χ1) is 23.7. The second-order valence-electron chi connectivity index (χ2n) is 15.9. The molecule has 8 heteroatoms. The molecule has 1 aliphatic carbocycles. The molecule has 0 radical (unpaired) electrons. The molecule has 1 aliphatic heterocycles. The molecule has 1 aromatic heterocycles. The van der Waals surface area contributed by atoms with E-state index >= 15 is 0 Å². The molecular weight excluding hydrogens is 629 g/mol. The van der Waals surface area contributed by atoms with E-state index < -0.39 is 17.7 Å². The number of aromatic nitrogens is 1. The summed E-state index contributed by atoms with van der Waals surface area (Å²) in [6, 6.07) is 14.8. The summed E-state index contributed by atoms with van der Waals surface area (Å²) in [5.74, 6) is -0.495. The Morgan fingerprint density at radius 3 is 2.04 bits per heavy atom. The van der Waals surface area contributed by atoms with Crippen LogP contribution in [0.3, 0.4) is 0 Å². The number of ether oxygens (including phenoxy) is 2. The third-order valence-corrected chi connectivity index (χ3v) is 10.2. The first-order valence-electron chi connectivity index (χ1n) is 18.4. The molecule has 1 saturated carbocycles. The van der Waals surface area contributed by atoms with Gasteiger partial charge in [-0.3, -0.25) is 9.78 Å². The summed E-state index contributed by atoms with van der Waals surface area (Å²) in [4.78, 5) is 36.7. The van der Waals surface area contributed by atoms with Crippen LogP contribution in [0.25, 0.3) is 11.1 Å². The topological polar surface area (TPSA) is 72.0 Å². The van der Waals surface area contributed by atoms with Gasteiger partial charge >= 0.3 is 5.97 Å². The molecule has 2 fully saturated rings. The molecule has 50 heavy (non-hydrogen) atoms. The number of carbonyl (C=O) groups excluding carboxylic acids is 2. The first kappa shape index (κ1) is 37.5. The van der Waals surface area contributed by atoms with Gasteiger partial charge in [0.25, 0.3) is 0 Å². The number of pyridine rings is 1. The van der Waals surface area contributed by atoms with Crippen LogP contribution in [-0.4, -0.2) is 47.1 Å². The number of hydrogen-bond acceptors (Lipinski definition) is 6. The van der Waals surface area contributed by atoms with Crippen molar-refractivity contribution < 1.29 is 23.5 Å². The van der Waals surface area contributed by atoms with Gasteiger partial charge < -0.3 is 19.3 Å². The highest BCUT2D eigenvalue weighted by molar-refractivity contribution is 5.88. The minimum atomic E-state index is -0.937. The van der Waals surface area contributed by atoms with Crippen LogP contribution in [0.15, 0.2) is 48.5 Å². The van der Waals surface area contributed by atoms with Crippen molar-refractivity contribution in [2.45, 2.75) is 119 Å². The smallest absolute Gasteiger partial charge is 0.340 e. The quantitative estimate of drug-likeness (QED) is 0.188. The van der Waals surface area contributed by atoms with Crippen LogP contribution >= 0.6 is 0 Å². The number of rotatable bonds is 11. The molecule has 0 N–H and O–H groups in total. The van der Waals surface area contributed by atoms with E-state index in [2.05, 4.69) is 43.0 Å². The van der Waals surface area contributed by atoms with E-state index in [1.165, 1.54) is 12.1 Å². The monoisotopic (exact) mass is 685 g/mol. The van der Waals surface area contributed by atoms with Crippen molar-refractivity contribution in [2.75, 3.05) is 24.6 Å². The van der Waals surface area contributed by atoms with Crippen LogP contribution in [0.4, 0.5) is 10.1 Å². The van der Waals surface area contributed by atoms with Crippen LogP contribution in [0.1, 0.15) is 114 Å². The normalized spacial score (nSPS) is 17.1. The molecule has 0 spiro atoms. The summed E-state index contributed by atoms with van der Waals surface area (Å²) >= 11 is 0. The average molecular weight is 686 g/mol. The van der Waals surface area contributed by atoms with Gasteiger partial charge in [0, 0.05) is 54.6 Å². The van der Waals surface area contributed by atoms with Crippen molar-refractivity contribution >= 4 is 17.6 Å². The van der Waals surface area contributed by atoms with Crippen molar-refractivity contribution in [2.24, 2.45) is 11.3 Å². The van der Waals surface area contributed by atoms with E-state index in [1.807, 2.05) is 46.4 Å². The summed E-state index contributed by atoms with van der Waals surface area (Å²) in [6.45, 7) is 19.1. The number of amides is 1. The maximum Gasteiger partial charge on any atom is 0.340 e. The summed E-state index contributed by atoms with van der Waals surface area (Å²) in [5.41, 5.74) is 6.90. The molecule has 3 aromatic rings. The van der Waals surface area contributed by atoms with Gasteiger partial charge in [-0.05, 0) is 101 Å². The minimum Gasteiger partial charge on any atom is -0.464 e. The summed E-state index contributed by atoms with van der Waals surface area (Å²) < 4.78 is 25.8. The lowest BCUT2D eigenvalue weighted by atomic mass is 9.81. The number of nitrogens with zero attached hydrogens (tertiary/aromatic N) is 3. The standard InChI is InChI=1S/C42H56FN3O4/c1-9-49-40(48)38(50-41(4,5)6)36-29(3)44-28(2)35(37(36)45-24-22-42(7,8)23-25-45)32-18-14-30(15-19-32)26-46(39(47)33-12-10-11-13-33)27-31-16-20-34(43)21-17-31/h14-21,33,38H,9-13,22-27H2,1-8H3/t38-/m0/s1. The molecule has 1 saturated heterocycles. The maximum absolute atomic E-state index is 13.7. The molecule has 0 unspecified atom stereocenters. The van der Waals surface area contributed by atoms with E-state index in [9.17, 15) is 14.0 Å². The lowest BCUT2D eigenvalue weighted by molar-refractivity contribution is -0.166. The fraction of sp³-hybridized carbons (Fsp3) is 0.548. The molecule has 0 bridgehead atoms. The van der Waals surface area contributed by atoms with Crippen LogP contribution in [-0.2, 0) is 32.2 Å². The molecule has 2 aliphatic rings. The van der Waals surface area contributed by atoms with E-state index in [4.69, 9.17) is 14.5 Å². The minimum absolute atomic E-state index is 0.0363. The van der Waals surface area contributed by atoms with E-state index in [0.717, 1.165) is 96.5 Å². The Balaban J connectivity index is 1.55. The number of hydrogen-bond donors (Lipinski definition) is 0. The highest BCUT2D eigenvalue weighted by atomic mass is 19.1. The van der Waals surface area contributed by atoms with Crippen LogP contribution in [0.2, 0.25) is 0 Å². The summed E-state index contributed by atoms with van der Waals surface area (Å²) in [5, 5.41) is 0. The predicted octanol–water partition coefficient (Wildman–Crippen LogP) is 9.27. The number of anilines is 1. The summed E-state index contributed by atoms with van der Waals surface area (Å²) in [6.07, 6.45) is 5.10. The highest BCUT2D eigenvalue weighted by Crippen LogP contribution is 2.45. The zero-order valence-electron chi connectivity index (χ0n) is 31.4. The number of carbonyl (C=O) groups is 2. The van der Waals surface area contributed by atoms with E-state index in [1.54, 1.807) is 12.1 Å². The average Bonchev–Trinajstić information content (AvgIpc) is 3.60. The van der Waals surface area contributed by atoms with Gasteiger partial charge in [0.2, 0.25) is 5.91 Å². The predicted molar refractivity (Wildman–Crippen MR) is 197 cm³/mol. The Kier molecular flexibility index (Phi) is 11.7. The summed E-state index contributed by atoms with van der Waals surface area (Å²) in [7, 11) is 0. The Morgan fingerprint density at radius 2 is 1.50 bits per heavy atom. The molecule has 7 nitrogen and oxygen atoms in total.